The molecule has 3 N–H and O–H groups in total. The number of nitrogens with two attached hydrogens (primary N) is 1. The van der Waals surface area contributed by atoms with Gasteiger partial charge in [-0.2, -0.15) is 0 Å². The summed E-state index contributed by atoms with van der Waals surface area (Å²) in [5.74, 6) is -0.137. The van der Waals surface area contributed by atoms with Crippen LogP contribution in [0.2, 0.25) is 0 Å². The summed E-state index contributed by atoms with van der Waals surface area (Å²) in [6, 6.07) is 4.23. The molecule has 0 spiro atoms. The molecule has 1 aromatic rings. The number of nitrogens with one attached hydrogen (secondary N) is 1. The minimum atomic E-state index is -0.739. The second kappa shape index (κ2) is 6.69. The molecule has 0 radical (unpaired) electrons. The van der Waals surface area contributed by atoms with Gasteiger partial charge in [-0.25, -0.2) is 0 Å². The Labute approximate surface area is 110 Å². The van der Waals surface area contributed by atoms with Gasteiger partial charge in [0.2, 0.25) is 0 Å². The topological polar surface area (TPSA) is 107 Å². The third kappa shape index (κ3) is 3.92. The van der Waals surface area contributed by atoms with E-state index in [0.29, 0.717) is 24.3 Å². The molecule has 0 heterocycles. The van der Waals surface area contributed by atoms with Crippen LogP contribution in [-0.2, 0) is 11.3 Å². The van der Waals surface area contributed by atoms with Gasteiger partial charge in [-0.3, -0.25) is 14.9 Å². The number of nitrogens with zero attached hydrogens (tertiary/aromatic N) is 1. The highest BCUT2D eigenvalue weighted by molar-refractivity contribution is 5.79. The molecule has 1 atom stereocenters. The first-order chi connectivity index (χ1) is 8.99. The van der Waals surface area contributed by atoms with Gasteiger partial charge in [0, 0.05) is 24.2 Å². The van der Waals surface area contributed by atoms with Gasteiger partial charge in [-0.15, -0.1) is 0 Å². The van der Waals surface area contributed by atoms with Gasteiger partial charge in [0.1, 0.15) is 5.75 Å². The van der Waals surface area contributed by atoms with Crippen LogP contribution in [0, 0.1) is 10.1 Å². The van der Waals surface area contributed by atoms with Gasteiger partial charge in [-0.1, -0.05) is 6.92 Å². The number of benzene rings is 1. The quantitative estimate of drug-likeness (QED) is 0.565. The molecule has 19 heavy (non-hydrogen) atoms. The molecular formula is C12H17N3O4. The van der Waals surface area contributed by atoms with E-state index in [2.05, 4.69) is 5.32 Å². The summed E-state index contributed by atoms with van der Waals surface area (Å²) in [6.07, 6.45) is -0.303. The maximum Gasteiger partial charge on any atom is 0.270 e. The minimum absolute atomic E-state index is 0.0234. The van der Waals surface area contributed by atoms with Crippen molar-refractivity contribution < 1.29 is 14.5 Å². The molecule has 0 aliphatic carbocycles. The van der Waals surface area contributed by atoms with E-state index in [1.807, 2.05) is 0 Å². The number of primary amides is 1. The highest BCUT2D eigenvalue weighted by atomic mass is 16.6. The fraction of sp³-hybridized carbons (Fsp3) is 0.417. The summed E-state index contributed by atoms with van der Waals surface area (Å²) >= 11 is 0. The van der Waals surface area contributed by atoms with E-state index < -0.39 is 16.9 Å². The first kappa shape index (κ1) is 14.9. The fourth-order valence-corrected chi connectivity index (χ4v) is 1.62. The molecule has 1 aromatic carbocycles. The van der Waals surface area contributed by atoms with E-state index in [0.717, 1.165) is 0 Å². The van der Waals surface area contributed by atoms with Gasteiger partial charge in [-0.05, 0) is 19.5 Å². The second-order valence-electron chi connectivity index (χ2n) is 4.00. The predicted octanol–water partition coefficient (Wildman–Crippen LogP) is 0.957. The van der Waals surface area contributed by atoms with Crippen LogP contribution in [0.1, 0.15) is 18.9 Å². The molecular weight excluding hydrogens is 250 g/mol. The van der Waals surface area contributed by atoms with Crippen LogP contribution in [0.5, 0.6) is 5.75 Å². The lowest BCUT2D eigenvalue weighted by Gasteiger charge is -2.16. The highest BCUT2D eigenvalue weighted by Gasteiger charge is 2.18. The van der Waals surface area contributed by atoms with Gasteiger partial charge in [0.15, 0.2) is 6.10 Å². The Morgan fingerprint density at radius 1 is 1.58 bits per heavy atom. The monoisotopic (exact) mass is 267 g/mol. The maximum absolute atomic E-state index is 11.2. The Bertz CT molecular complexity index is 476. The van der Waals surface area contributed by atoms with E-state index in [-0.39, 0.29) is 5.69 Å². The van der Waals surface area contributed by atoms with Crippen molar-refractivity contribution >= 4 is 11.6 Å². The van der Waals surface area contributed by atoms with Crippen molar-refractivity contribution in [3.8, 4) is 5.75 Å². The van der Waals surface area contributed by atoms with Crippen molar-refractivity contribution in [1.29, 1.82) is 0 Å². The first-order valence-corrected chi connectivity index (χ1v) is 5.87. The summed E-state index contributed by atoms with van der Waals surface area (Å²) in [5.41, 5.74) is 5.79. The van der Waals surface area contributed by atoms with Crippen LogP contribution in [-0.4, -0.2) is 24.0 Å². The van der Waals surface area contributed by atoms with Crippen LogP contribution < -0.4 is 15.8 Å². The number of carbonyl (C=O) groups excluding carboxylic acids is 1. The van der Waals surface area contributed by atoms with Crippen molar-refractivity contribution in [3.05, 3.63) is 33.9 Å². The largest absolute Gasteiger partial charge is 0.480 e. The lowest BCUT2D eigenvalue weighted by atomic mass is 10.1. The van der Waals surface area contributed by atoms with Crippen LogP contribution in [0.25, 0.3) is 0 Å². The lowest BCUT2D eigenvalue weighted by Crippen LogP contribution is -2.33. The summed E-state index contributed by atoms with van der Waals surface area (Å²) in [4.78, 5) is 21.4. The molecule has 0 aliphatic rings. The zero-order valence-corrected chi connectivity index (χ0v) is 10.9. The average Bonchev–Trinajstić information content (AvgIpc) is 2.36. The Morgan fingerprint density at radius 3 is 2.74 bits per heavy atom. The third-order valence-electron chi connectivity index (χ3n) is 2.58. The number of amides is 1. The SMILES string of the molecule is CCC(Oc1ccc([N+](=O)[O-])cc1CNC)C(N)=O. The summed E-state index contributed by atoms with van der Waals surface area (Å²) < 4.78 is 5.51. The van der Waals surface area contributed by atoms with Crippen LogP contribution in [0.4, 0.5) is 5.69 Å². The number of carbonyl (C=O) groups is 1. The Morgan fingerprint density at radius 2 is 2.26 bits per heavy atom. The molecule has 0 saturated carbocycles. The van der Waals surface area contributed by atoms with Crippen molar-refractivity contribution in [2.45, 2.75) is 26.0 Å². The standard InChI is InChI=1S/C12H17N3O4/c1-3-10(12(13)16)19-11-5-4-9(15(17)18)6-8(11)7-14-2/h4-6,10,14H,3,7H2,1-2H3,(H2,13,16). The van der Waals surface area contributed by atoms with Crippen LogP contribution in [0.3, 0.4) is 0 Å². The number of nitro groups is 1. The third-order valence-corrected chi connectivity index (χ3v) is 2.58. The fourth-order valence-electron chi connectivity index (χ4n) is 1.62. The molecule has 1 rings (SSSR count). The molecule has 0 aliphatic heterocycles. The number of nitro benzene ring substituents is 1. The normalized spacial score (nSPS) is 11.9. The summed E-state index contributed by atoms with van der Waals surface area (Å²) in [5, 5.41) is 13.6. The van der Waals surface area contributed by atoms with Crippen molar-refractivity contribution in [1.82, 2.24) is 5.32 Å². The number of non-ortho nitro benzene ring substituents is 1. The second-order valence-corrected chi connectivity index (χ2v) is 4.00. The number of rotatable bonds is 7. The van der Waals surface area contributed by atoms with Gasteiger partial charge < -0.3 is 15.8 Å². The number of hydrogen-bond acceptors (Lipinski definition) is 5. The molecule has 7 nitrogen and oxygen atoms in total. The van der Waals surface area contributed by atoms with Gasteiger partial charge in [0.25, 0.3) is 11.6 Å². The molecule has 0 bridgehead atoms. The van der Waals surface area contributed by atoms with Gasteiger partial charge >= 0.3 is 0 Å². The summed E-state index contributed by atoms with van der Waals surface area (Å²) in [6.45, 7) is 2.17. The average molecular weight is 267 g/mol. The van der Waals surface area contributed by atoms with E-state index >= 15 is 0 Å². The van der Waals surface area contributed by atoms with Crippen molar-refractivity contribution in [3.63, 3.8) is 0 Å². The highest BCUT2D eigenvalue weighted by Crippen LogP contribution is 2.25. The first-order valence-electron chi connectivity index (χ1n) is 5.87. The molecule has 0 saturated heterocycles. The molecule has 0 aromatic heterocycles. The Kier molecular flexibility index (Phi) is 5.25. The summed E-state index contributed by atoms with van der Waals surface area (Å²) in [7, 11) is 1.72. The van der Waals surface area contributed by atoms with Crippen molar-refractivity contribution in [2.75, 3.05) is 7.05 Å². The maximum atomic E-state index is 11.2. The molecule has 1 amide bonds. The van der Waals surface area contributed by atoms with E-state index in [1.54, 1.807) is 14.0 Å². The molecule has 1 unspecified atom stereocenters. The zero-order valence-electron chi connectivity index (χ0n) is 10.9. The van der Waals surface area contributed by atoms with E-state index in [9.17, 15) is 14.9 Å². The van der Waals surface area contributed by atoms with Crippen LogP contribution >= 0.6 is 0 Å². The number of ether oxygens (including phenoxy) is 1. The van der Waals surface area contributed by atoms with Crippen LogP contribution in [0.15, 0.2) is 18.2 Å². The Hall–Kier alpha value is -2.15. The molecule has 0 fully saturated rings. The van der Waals surface area contributed by atoms with Crippen molar-refractivity contribution in [2.24, 2.45) is 5.73 Å². The molecule has 7 heteroatoms. The van der Waals surface area contributed by atoms with E-state index in [1.165, 1.54) is 18.2 Å². The lowest BCUT2D eigenvalue weighted by molar-refractivity contribution is -0.384. The predicted molar refractivity (Wildman–Crippen MR) is 69.8 cm³/mol. The van der Waals surface area contributed by atoms with E-state index in [4.69, 9.17) is 10.5 Å². The smallest absolute Gasteiger partial charge is 0.270 e. The molecule has 104 valence electrons. The zero-order chi connectivity index (χ0) is 14.4. The number of hydrogen-bond donors (Lipinski definition) is 2. The minimum Gasteiger partial charge on any atom is -0.480 e. The van der Waals surface area contributed by atoms with Gasteiger partial charge in [0.05, 0.1) is 4.92 Å². The Balaban J connectivity index is 3.05.